The zero-order valence-corrected chi connectivity index (χ0v) is 43.9. The lowest BCUT2D eigenvalue weighted by Gasteiger charge is -2.31. The van der Waals surface area contributed by atoms with Crippen molar-refractivity contribution in [3.05, 3.63) is 29.8 Å². The van der Waals surface area contributed by atoms with Crippen LogP contribution in [-0.2, 0) is 64.0 Å². The summed E-state index contributed by atoms with van der Waals surface area (Å²) in [5.74, 6) is -15.0. The van der Waals surface area contributed by atoms with E-state index < -0.39 is 176 Å². The first-order valence-electron chi connectivity index (χ1n) is 24.9. The van der Waals surface area contributed by atoms with Crippen LogP contribution in [0.15, 0.2) is 29.3 Å². The number of phenols is 1. The minimum Gasteiger partial charge on any atom is -0.508 e. The number of carboxylic acid groups (broad SMARTS) is 3. The van der Waals surface area contributed by atoms with Crippen molar-refractivity contribution in [2.75, 3.05) is 26.3 Å². The number of carboxylic acids is 3. The molecule has 1 aromatic carbocycles. The molecule has 0 aromatic heterocycles. The molecule has 1 fully saturated rings. The number of carbonyl (C=O) groups excluding carboxylic acids is 9. The highest BCUT2D eigenvalue weighted by Gasteiger charge is 2.41. The van der Waals surface area contributed by atoms with Crippen LogP contribution in [0.2, 0.25) is 0 Å². The summed E-state index contributed by atoms with van der Waals surface area (Å²) in [6.07, 6.45) is -3.81. The van der Waals surface area contributed by atoms with Gasteiger partial charge in [-0.15, -0.1) is 0 Å². The summed E-state index contributed by atoms with van der Waals surface area (Å²) < 4.78 is 0. The molecule has 32 heteroatoms. The summed E-state index contributed by atoms with van der Waals surface area (Å²) in [4.78, 5) is 161. The van der Waals surface area contributed by atoms with Gasteiger partial charge in [-0.2, -0.15) is 0 Å². The zero-order chi connectivity index (χ0) is 59.8. The summed E-state index contributed by atoms with van der Waals surface area (Å²) in [6.45, 7) is 2.86. The lowest BCUT2D eigenvalue weighted by atomic mass is 10.0. The zero-order valence-electron chi connectivity index (χ0n) is 43.9. The average Bonchev–Trinajstić information content (AvgIpc) is 3.87. The van der Waals surface area contributed by atoms with E-state index >= 15 is 0 Å². The van der Waals surface area contributed by atoms with Gasteiger partial charge in [-0.05, 0) is 69.6 Å². The summed E-state index contributed by atoms with van der Waals surface area (Å²) in [5.41, 5.74) is 16.8. The van der Waals surface area contributed by atoms with Gasteiger partial charge in [0.25, 0.3) is 0 Å². The molecule has 0 unspecified atom stereocenters. The Morgan fingerprint density at radius 3 is 1.68 bits per heavy atom. The van der Waals surface area contributed by atoms with Crippen LogP contribution in [0.1, 0.15) is 78.2 Å². The maximum atomic E-state index is 14.4. The third-order valence-electron chi connectivity index (χ3n) is 12.1. The Morgan fingerprint density at radius 2 is 1.16 bits per heavy atom. The maximum Gasteiger partial charge on any atom is 0.325 e. The second-order valence-electron chi connectivity index (χ2n) is 18.8. The summed E-state index contributed by atoms with van der Waals surface area (Å²) in [6, 6.07) is -10.8. The smallest absolute Gasteiger partial charge is 0.325 e. The number of aliphatic carboxylic acids is 3. The number of nitrogens with one attached hydrogen (secondary N) is 8. The average molecular weight is 1120 g/mol. The predicted molar refractivity (Wildman–Crippen MR) is 273 cm³/mol. The Labute approximate surface area is 452 Å². The van der Waals surface area contributed by atoms with Crippen LogP contribution in [0.5, 0.6) is 5.75 Å². The number of guanidine groups is 1. The van der Waals surface area contributed by atoms with Crippen molar-refractivity contribution in [1.82, 2.24) is 47.4 Å². The molecule has 0 bridgehead atoms. The third kappa shape index (κ3) is 22.3. The number of rotatable bonds is 33. The molecule has 11 atom stereocenters. The van der Waals surface area contributed by atoms with Crippen LogP contribution in [-0.4, -0.2) is 211 Å². The molecule has 0 spiro atoms. The van der Waals surface area contributed by atoms with Gasteiger partial charge >= 0.3 is 17.9 Å². The van der Waals surface area contributed by atoms with E-state index in [0.717, 1.165) is 18.7 Å². The third-order valence-corrected chi connectivity index (χ3v) is 12.1. The van der Waals surface area contributed by atoms with Crippen LogP contribution in [0, 0.1) is 5.92 Å². The molecule has 0 saturated carbocycles. The molecule has 440 valence electrons. The van der Waals surface area contributed by atoms with Gasteiger partial charge in [0.15, 0.2) is 5.96 Å². The van der Waals surface area contributed by atoms with Gasteiger partial charge < -0.3 is 100 Å². The van der Waals surface area contributed by atoms with E-state index in [1.807, 2.05) is 0 Å². The molecule has 9 amide bonds. The van der Waals surface area contributed by atoms with Crippen LogP contribution >= 0.6 is 0 Å². The van der Waals surface area contributed by atoms with E-state index in [1.165, 1.54) is 38.1 Å². The maximum absolute atomic E-state index is 14.4. The second kappa shape index (κ2) is 32.5. The topological polar surface area (TPSA) is 536 Å². The Balaban J connectivity index is 2.40. The van der Waals surface area contributed by atoms with Gasteiger partial charge in [-0.3, -0.25) is 62.5 Å². The molecule has 0 radical (unpaired) electrons. The number of likely N-dealkylation sites (tertiary alicyclic amines) is 1. The van der Waals surface area contributed by atoms with Crippen molar-refractivity contribution >= 4 is 77.0 Å². The number of aliphatic hydroxyl groups is 3. The van der Waals surface area contributed by atoms with E-state index in [9.17, 15) is 83.1 Å². The molecule has 0 aliphatic carbocycles. The number of hydrogen-bond donors (Lipinski definition) is 18. The summed E-state index contributed by atoms with van der Waals surface area (Å²) in [7, 11) is 0. The number of carbonyl (C=O) groups is 12. The number of nitrogens with two attached hydrogens (primary N) is 3. The number of amides is 9. The van der Waals surface area contributed by atoms with Crippen molar-refractivity contribution in [2.45, 2.75) is 146 Å². The number of hydrogen-bond acceptors (Lipinski definition) is 18. The molecule has 21 N–H and O–H groups in total. The number of aromatic hydroxyl groups is 1. The van der Waals surface area contributed by atoms with Crippen LogP contribution < -0.4 is 59.7 Å². The van der Waals surface area contributed by atoms with Crippen molar-refractivity contribution in [3.8, 4) is 5.75 Å². The minimum atomic E-state index is -1.90. The SMILES string of the molecule is CC(C)[C@H](NC(=O)[C@H](CCCN=C(N)N)NC(=O)[C@@H](N)CC(=O)O)C(=O)N[C@@H](CCC(=O)O)C(=O)N1CCC[C@H]1C(=O)N[C@@H](Cc1ccc(O)cc1)C(=O)N[C@@H](CO)C(=O)N[C@@H](CO)C(=O)N[C@H](C(=O)N[C@@H](C)C(=O)O)[C@@H](C)O. The molecule has 1 aliphatic heterocycles. The fraction of sp³-hybridized carbons (Fsp3) is 0.596. The Hall–Kier alpha value is -8.23. The monoisotopic (exact) mass is 1120 g/mol. The van der Waals surface area contributed by atoms with Gasteiger partial charge in [-0.1, -0.05) is 26.0 Å². The fourth-order valence-electron chi connectivity index (χ4n) is 7.71. The molecule has 79 heavy (non-hydrogen) atoms. The summed E-state index contributed by atoms with van der Waals surface area (Å²) >= 11 is 0. The molecule has 1 aromatic rings. The van der Waals surface area contributed by atoms with Crippen LogP contribution in [0.4, 0.5) is 0 Å². The number of aliphatic hydroxyl groups excluding tert-OH is 3. The van der Waals surface area contributed by atoms with Gasteiger partial charge in [0.1, 0.15) is 60.1 Å². The quantitative estimate of drug-likeness (QED) is 0.0177. The lowest BCUT2D eigenvalue weighted by Crippen LogP contribution is -2.62. The normalized spacial score (nSPS) is 16.8. The second-order valence-corrected chi connectivity index (χ2v) is 18.8. The fourth-order valence-corrected chi connectivity index (χ4v) is 7.71. The van der Waals surface area contributed by atoms with Gasteiger partial charge in [0.05, 0.1) is 31.8 Å². The molecule has 2 rings (SSSR count). The van der Waals surface area contributed by atoms with E-state index in [-0.39, 0.29) is 56.9 Å². The molecular weight excluding hydrogens is 1050 g/mol. The number of nitrogens with zero attached hydrogens (tertiary/aromatic N) is 2. The van der Waals surface area contributed by atoms with Crippen LogP contribution in [0.3, 0.4) is 0 Å². The highest BCUT2D eigenvalue weighted by molar-refractivity contribution is 5.99. The van der Waals surface area contributed by atoms with Gasteiger partial charge in [0, 0.05) is 25.9 Å². The lowest BCUT2D eigenvalue weighted by molar-refractivity contribution is -0.144. The van der Waals surface area contributed by atoms with Gasteiger partial charge in [0.2, 0.25) is 53.2 Å². The number of aliphatic imine (C=N–C) groups is 1. The Morgan fingerprint density at radius 1 is 0.646 bits per heavy atom. The number of benzene rings is 1. The Kier molecular flexibility index (Phi) is 27.5. The van der Waals surface area contributed by atoms with Crippen molar-refractivity contribution in [3.63, 3.8) is 0 Å². The first kappa shape index (κ1) is 66.9. The van der Waals surface area contributed by atoms with E-state index in [4.69, 9.17) is 27.4 Å². The largest absolute Gasteiger partial charge is 0.508 e. The molecule has 32 nitrogen and oxygen atoms in total. The summed E-state index contributed by atoms with van der Waals surface area (Å²) in [5, 5.41) is 86.4. The van der Waals surface area contributed by atoms with Crippen molar-refractivity contribution in [2.24, 2.45) is 28.1 Å². The van der Waals surface area contributed by atoms with Crippen molar-refractivity contribution < 1.29 is 93.3 Å². The molecule has 1 aliphatic rings. The standard InChI is InChI=1S/C47H73N13O19/c1-21(2)35(58-38(70)27(7-5-15-51-47(49)50)53-37(69)26(48)18-34(67)68)43(75)54-28(13-14-33(65)66)45(77)60-16-6-8-32(60)42(74)55-29(17-24-9-11-25(64)12-10-24)39(71)56-30(19-61)40(72)57-31(20-62)41(73)59-36(23(4)63)44(76)52-22(3)46(78)79/h9-12,21-23,26-32,35-36,61-64H,5-8,13-20,48H2,1-4H3,(H,52,76)(H,53,69)(H,54,75)(H,55,74)(H,56,71)(H,57,72)(H,58,70)(H,59,73)(H,65,66)(H,67,68)(H,78,79)(H4,49,50,51)/t22-,23+,26-,27-,28-,29-,30-,31-,32-,35-,36-/m0/s1. The molecule has 1 saturated heterocycles. The highest BCUT2D eigenvalue weighted by atomic mass is 16.4. The van der Waals surface area contributed by atoms with E-state index in [2.05, 4.69) is 47.5 Å². The first-order chi connectivity index (χ1) is 37.0. The predicted octanol–water partition coefficient (Wildman–Crippen LogP) is -7.35. The van der Waals surface area contributed by atoms with Gasteiger partial charge in [-0.25, -0.2) is 0 Å². The van der Waals surface area contributed by atoms with E-state index in [1.54, 1.807) is 0 Å². The minimum absolute atomic E-state index is 0.00464. The highest BCUT2D eigenvalue weighted by Crippen LogP contribution is 2.21. The Bertz CT molecular complexity index is 2370. The van der Waals surface area contributed by atoms with Crippen LogP contribution in [0.25, 0.3) is 0 Å². The first-order valence-corrected chi connectivity index (χ1v) is 24.9. The van der Waals surface area contributed by atoms with E-state index in [0.29, 0.717) is 5.56 Å². The molecule has 1 heterocycles. The molecular formula is C47H73N13O19. The van der Waals surface area contributed by atoms with Crippen molar-refractivity contribution in [1.29, 1.82) is 0 Å². The number of phenolic OH excluding ortho intramolecular Hbond substituents is 1.